The first-order chi connectivity index (χ1) is 13.6. The molecular formula is C20H30N6O2. The Morgan fingerprint density at radius 2 is 1.86 bits per heavy atom. The van der Waals surface area contributed by atoms with Crippen LogP contribution in [0.3, 0.4) is 0 Å². The Balaban J connectivity index is 1.44. The first kappa shape index (κ1) is 19.1. The number of amides is 1. The van der Waals surface area contributed by atoms with Crippen LogP contribution in [0.2, 0.25) is 0 Å². The van der Waals surface area contributed by atoms with Crippen LogP contribution < -0.4 is 10.9 Å². The summed E-state index contributed by atoms with van der Waals surface area (Å²) < 4.78 is 2.93. The molecule has 1 saturated heterocycles. The molecule has 1 saturated carbocycles. The number of aryl methyl sites for hydroxylation is 1. The van der Waals surface area contributed by atoms with Gasteiger partial charge in [0.1, 0.15) is 18.3 Å². The Kier molecular flexibility index (Phi) is 5.48. The Bertz CT molecular complexity index is 890. The molecule has 2 aromatic heterocycles. The van der Waals surface area contributed by atoms with Gasteiger partial charge in [-0.1, -0.05) is 25.7 Å². The molecule has 0 radical (unpaired) electrons. The molecule has 0 spiro atoms. The molecule has 2 fully saturated rings. The highest BCUT2D eigenvalue weighted by Crippen LogP contribution is 2.35. The van der Waals surface area contributed by atoms with Gasteiger partial charge in [0, 0.05) is 19.1 Å². The second-order valence-electron chi connectivity index (χ2n) is 8.29. The van der Waals surface area contributed by atoms with Crippen molar-refractivity contribution >= 4 is 16.9 Å². The molecule has 0 atom stereocenters. The summed E-state index contributed by atoms with van der Waals surface area (Å²) in [7, 11) is 1.75. The molecular weight excluding hydrogens is 356 g/mol. The molecule has 1 amide bonds. The van der Waals surface area contributed by atoms with Gasteiger partial charge in [-0.2, -0.15) is 5.10 Å². The topological polar surface area (TPSA) is 85.0 Å². The van der Waals surface area contributed by atoms with Crippen LogP contribution in [0, 0.1) is 0 Å². The summed E-state index contributed by atoms with van der Waals surface area (Å²) in [4.78, 5) is 32.1. The molecule has 0 aromatic carbocycles. The summed E-state index contributed by atoms with van der Waals surface area (Å²) in [5, 5.41) is 7.64. The number of rotatable bonds is 5. The van der Waals surface area contributed by atoms with E-state index in [1.807, 2.05) is 0 Å². The van der Waals surface area contributed by atoms with Crippen LogP contribution in [0.4, 0.5) is 0 Å². The van der Waals surface area contributed by atoms with E-state index in [2.05, 4.69) is 20.3 Å². The van der Waals surface area contributed by atoms with Gasteiger partial charge < -0.3 is 5.32 Å². The van der Waals surface area contributed by atoms with Gasteiger partial charge in [-0.3, -0.25) is 23.7 Å². The molecule has 8 heteroatoms. The van der Waals surface area contributed by atoms with Crippen LogP contribution in [0.25, 0.3) is 11.0 Å². The SMILES string of the molecule is Cn1ncc2c(=O)n(CC(=O)NCC3(N4CCCCC4)CCCCC3)cnc21. The zero-order valence-electron chi connectivity index (χ0n) is 16.7. The fourth-order valence-corrected chi connectivity index (χ4v) is 4.84. The predicted octanol–water partition coefficient (Wildman–Crippen LogP) is 1.43. The van der Waals surface area contributed by atoms with Crippen molar-refractivity contribution in [3.05, 3.63) is 22.9 Å². The Labute approximate surface area is 164 Å². The lowest BCUT2D eigenvalue weighted by Crippen LogP contribution is -2.58. The van der Waals surface area contributed by atoms with E-state index in [1.165, 1.54) is 55.6 Å². The highest BCUT2D eigenvalue weighted by Gasteiger charge is 2.38. The standard InChI is InChI=1S/C20H30N6O2/c1-24-18-16(12-23-24)19(28)25(15-22-18)13-17(27)21-14-20(8-4-2-5-9-20)26-10-6-3-7-11-26/h12,15H,2-11,13-14H2,1H3,(H,21,27). The smallest absolute Gasteiger partial charge is 0.264 e. The molecule has 4 rings (SSSR count). The fourth-order valence-electron chi connectivity index (χ4n) is 4.84. The number of aromatic nitrogens is 4. The molecule has 2 aliphatic rings. The Morgan fingerprint density at radius 1 is 1.14 bits per heavy atom. The molecule has 1 aliphatic carbocycles. The zero-order chi connectivity index (χ0) is 19.6. The van der Waals surface area contributed by atoms with E-state index in [0.29, 0.717) is 17.6 Å². The summed E-state index contributed by atoms with van der Waals surface area (Å²) >= 11 is 0. The van der Waals surface area contributed by atoms with Crippen molar-refractivity contribution in [2.24, 2.45) is 7.05 Å². The molecule has 0 bridgehead atoms. The number of carbonyl (C=O) groups is 1. The van der Waals surface area contributed by atoms with Crippen molar-refractivity contribution in [1.82, 2.24) is 29.5 Å². The van der Waals surface area contributed by atoms with Gasteiger partial charge in [0.2, 0.25) is 5.91 Å². The fraction of sp³-hybridized carbons (Fsp3) is 0.700. The molecule has 1 N–H and O–H groups in total. The van der Waals surface area contributed by atoms with Crippen molar-refractivity contribution in [3.63, 3.8) is 0 Å². The molecule has 0 unspecified atom stereocenters. The highest BCUT2D eigenvalue weighted by molar-refractivity contribution is 5.77. The highest BCUT2D eigenvalue weighted by atomic mass is 16.2. The summed E-state index contributed by atoms with van der Waals surface area (Å²) in [5.74, 6) is -0.130. The Morgan fingerprint density at radius 3 is 2.61 bits per heavy atom. The van der Waals surface area contributed by atoms with Gasteiger partial charge in [-0.05, 0) is 38.8 Å². The van der Waals surface area contributed by atoms with Crippen molar-refractivity contribution in [1.29, 1.82) is 0 Å². The van der Waals surface area contributed by atoms with Gasteiger partial charge in [-0.25, -0.2) is 4.98 Å². The third-order valence-corrected chi connectivity index (χ3v) is 6.46. The number of hydrogen-bond acceptors (Lipinski definition) is 5. The summed E-state index contributed by atoms with van der Waals surface area (Å²) in [6.07, 6.45) is 12.8. The van der Waals surface area contributed by atoms with Crippen LogP contribution in [0.15, 0.2) is 17.3 Å². The molecule has 2 aromatic rings. The predicted molar refractivity (Wildman–Crippen MR) is 107 cm³/mol. The minimum Gasteiger partial charge on any atom is -0.353 e. The minimum atomic E-state index is -0.225. The lowest BCUT2D eigenvalue weighted by Gasteiger charge is -2.48. The van der Waals surface area contributed by atoms with E-state index in [-0.39, 0.29) is 23.6 Å². The average molecular weight is 387 g/mol. The van der Waals surface area contributed by atoms with Crippen LogP contribution in [0.5, 0.6) is 0 Å². The van der Waals surface area contributed by atoms with Crippen molar-refractivity contribution in [2.45, 2.75) is 63.5 Å². The van der Waals surface area contributed by atoms with Gasteiger partial charge in [0.15, 0.2) is 5.65 Å². The largest absolute Gasteiger partial charge is 0.353 e. The first-order valence-electron chi connectivity index (χ1n) is 10.5. The number of carbonyl (C=O) groups excluding carboxylic acids is 1. The van der Waals surface area contributed by atoms with Crippen molar-refractivity contribution < 1.29 is 4.79 Å². The van der Waals surface area contributed by atoms with Gasteiger partial charge in [0.25, 0.3) is 5.56 Å². The summed E-state index contributed by atoms with van der Waals surface area (Å²) in [6.45, 7) is 2.93. The third-order valence-electron chi connectivity index (χ3n) is 6.46. The van der Waals surface area contributed by atoms with Crippen LogP contribution in [0.1, 0.15) is 51.4 Å². The number of nitrogens with zero attached hydrogens (tertiary/aromatic N) is 5. The van der Waals surface area contributed by atoms with E-state index in [4.69, 9.17) is 0 Å². The molecule has 152 valence electrons. The minimum absolute atomic E-state index is 0.00719. The lowest BCUT2D eigenvalue weighted by molar-refractivity contribution is -0.122. The molecule has 8 nitrogen and oxygen atoms in total. The van der Waals surface area contributed by atoms with E-state index in [9.17, 15) is 9.59 Å². The van der Waals surface area contributed by atoms with E-state index in [1.54, 1.807) is 11.7 Å². The number of fused-ring (bicyclic) bond motifs is 1. The second kappa shape index (κ2) is 8.03. The quantitative estimate of drug-likeness (QED) is 0.840. The normalized spacial score (nSPS) is 20.3. The lowest BCUT2D eigenvalue weighted by atomic mass is 9.79. The average Bonchev–Trinajstić information content (AvgIpc) is 3.11. The number of nitrogens with one attached hydrogen (secondary N) is 1. The molecule has 3 heterocycles. The number of hydrogen-bond donors (Lipinski definition) is 1. The van der Waals surface area contributed by atoms with Gasteiger partial charge in [-0.15, -0.1) is 0 Å². The van der Waals surface area contributed by atoms with Gasteiger partial charge >= 0.3 is 0 Å². The second-order valence-corrected chi connectivity index (χ2v) is 8.29. The number of piperidine rings is 1. The van der Waals surface area contributed by atoms with Crippen molar-refractivity contribution in [2.75, 3.05) is 19.6 Å². The maximum Gasteiger partial charge on any atom is 0.264 e. The van der Waals surface area contributed by atoms with Gasteiger partial charge in [0.05, 0.1) is 6.20 Å². The maximum absolute atomic E-state index is 12.6. The van der Waals surface area contributed by atoms with Crippen LogP contribution in [-0.4, -0.2) is 55.3 Å². The number of likely N-dealkylation sites (tertiary alicyclic amines) is 1. The van der Waals surface area contributed by atoms with E-state index < -0.39 is 0 Å². The third kappa shape index (κ3) is 3.70. The zero-order valence-corrected chi connectivity index (χ0v) is 16.7. The molecule has 1 aliphatic heterocycles. The van der Waals surface area contributed by atoms with E-state index >= 15 is 0 Å². The van der Waals surface area contributed by atoms with Crippen LogP contribution >= 0.6 is 0 Å². The summed E-state index contributed by atoms with van der Waals surface area (Å²) in [5.41, 5.74) is 0.398. The van der Waals surface area contributed by atoms with Crippen molar-refractivity contribution in [3.8, 4) is 0 Å². The Hall–Kier alpha value is -2.22. The summed E-state index contributed by atoms with van der Waals surface area (Å²) in [6, 6.07) is 0. The monoisotopic (exact) mass is 386 g/mol. The van der Waals surface area contributed by atoms with Crippen LogP contribution in [-0.2, 0) is 18.4 Å². The molecule has 28 heavy (non-hydrogen) atoms. The maximum atomic E-state index is 12.6. The van der Waals surface area contributed by atoms with E-state index in [0.717, 1.165) is 25.9 Å². The first-order valence-corrected chi connectivity index (χ1v) is 10.5.